The molecule has 0 aliphatic carbocycles. The molecule has 0 spiro atoms. The zero-order valence-electron chi connectivity index (χ0n) is 12.3. The van der Waals surface area contributed by atoms with Crippen LogP contribution in [0.5, 0.6) is 6.01 Å². The molecule has 118 valence electrons. The standard InChI is InChI=1S/C11H21N7O3/c1-7(2)21-11-16-9(15-10(17-11)18-12)14-6-8(19)13-4-5-20-3/h7H,4-6,12H2,1-3H3,(H,13,19)(H2,14,15,16,17,18). The van der Waals surface area contributed by atoms with Crippen molar-refractivity contribution in [2.75, 3.05) is 37.5 Å². The Morgan fingerprint density at radius 3 is 2.62 bits per heavy atom. The fourth-order valence-electron chi connectivity index (χ4n) is 1.28. The van der Waals surface area contributed by atoms with Crippen LogP contribution in [0, 0.1) is 0 Å². The number of nitrogens with zero attached hydrogens (tertiary/aromatic N) is 3. The predicted octanol–water partition coefficient (Wildman–Crippen LogP) is -0.881. The second-order valence-electron chi connectivity index (χ2n) is 4.27. The van der Waals surface area contributed by atoms with E-state index in [4.69, 9.17) is 15.3 Å². The third-order valence-electron chi connectivity index (χ3n) is 2.12. The van der Waals surface area contributed by atoms with Gasteiger partial charge in [-0.3, -0.25) is 10.2 Å². The highest BCUT2D eigenvalue weighted by Gasteiger charge is 2.09. The lowest BCUT2D eigenvalue weighted by atomic mass is 10.5. The Morgan fingerprint density at radius 2 is 2.00 bits per heavy atom. The number of nitrogen functional groups attached to an aromatic ring is 1. The molecule has 0 unspecified atom stereocenters. The molecule has 0 aliphatic heterocycles. The molecule has 0 saturated heterocycles. The molecule has 0 saturated carbocycles. The Labute approximate surface area is 122 Å². The maximum atomic E-state index is 11.5. The van der Waals surface area contributed by atoms with Gasteiger partial charge in [-0.25, -0.2) is 5.84 Å². The van der Waals surface area contributed by atoms with Crippen LogP contribution in [0.1, 0.15) is 13.8 Å². The fourth-order valence-corrected chi connectivity index (χ4v) is 1.28. The topological polar surface area (TPSA) is 136 Å². The summed E-state index contributed by atoms with van der Waals surface area (Å²) in [5.41, 5.74) is 2.31. The van der Waals surface area contributed by atoms with Crippen molar-refractivity contribution < 1.29 is 14.3 Å². The van der Waals surface area contributed by atoms with E-state index in [1.54, 1.807) is 7.11 Å². The number of nitrogens with two attached hydrogens (primary N) is 1. The summed E-state index contributed by atoms with van der Waals surface area (Å²) in [6, 6.07) is 0.121. The second kappa shape index (κ2) is 8.87. The molecule has 0 aromatic carbocycles. The molecule has 0 bridgehead atoms. The van der Waals surface area contributed by atoms with Crippen molar-refractivity contribution in [3.8, 4) is 6.01 Å². The number of aromatic nitrogens is 3. The SMILES string of the molecule is COCCNC(=O)CNc1nc(NN)nc(OC(C)C)n1. The van der Waals surface area contributed by atoms with Crippen LogP contribution in [0.15, 0.2) is 0 Å². The molecule has 0 atom stereocenters. The summed E-state index contributed by atoms with van der Waals surface area (Å²) in [4.78, 5) is 23.5. The number of carbonyl (C=O) groups excluding carboxylic acids is 1. The highest BCUT2D eigenvalue weighted by molar-refractivity contribution is 5.80. The van der Waals surface area contributed by atoms with Crippen LogP contribution in [-0.4, -0.2) is 53.8 Å². The highest BCUT2D eigenvalue weighted by atomic mass is 16.5. The summed E-state index contributed by atoms with van der Waals surface area (Å²) < 4.78 is 10.2. The number of amides is 1. The van der Waals surface area contributed by atoms with E-state index in [2.05, 4.69) is 31.0 Å². The Balaban J connectivity index is 2.58. The highest BCUT2D eigenvalue weighted by Crippen LogP contribution is 2.11. The minimum absolute atomic E-state index is 0.0128. The minimum atomic E-state index is -0.207. The van der Waals surface area contributed by atoms with Crippen molar-refractivity contribution in [2.24, 2.45) is 5.84 Å². The first-order valence-electron chi connectivity index (χ1n) is 6.44. The predicted molar refractivity (Wildman–Crippen MR) is 76.8 cm³/mol. The number of hydrogen-bond acceptors (Lipinski definition) is 9. The van der Waals surface area contributed by atoms with E-state index in [0.717, 1.165) is 0 Å². The molecule has 1 aromatic rings. The summed E-state index contributed by atoms with van der Waals surface area (Å²) in [5, 5.41) is 5.43. The number of hydrogen-bond donors (Lipinski definition) is 4. The Bertz CT molecular complexity index is 455. The van der Waals surface area contributed by atoms with Gasteiger partial charge in [-0.05, 0) is 13.8 Å². The lowest BCUT2D eigenvalue weighted by Gasteiger charge is -2.11. The average Bonchev–Trinajstić information content (AvgIpc) is 2.44. The smallest absolute Gasteiger partial charge is 0.323 e. The van der Waals surface area contributed by atoms with Gasteiger partial charge in [-0.1, -0.05) is 0 Å². The lowest BCUT2D eigenvalue weighted by molar-refractivity contribution is -0.119. The van der Waals surface area contributed by atoms with E-state index in [0.29, 0.717) is 13.2 Å². The Kier molecular flexibility index (Phi) is 7.12. The van der Waals surface area contributed by atoms with Crippen LogP contribution in [-0.2, 0) is 9.53 Å². The van der Waals surface area contributed by atoms with E-state index < -0.39 is 0 Å². The van der Waals surface area contributed by atoms with Crippen LogP contribution in [0.3, 0.4) is 0 Å². The van der Waals surface area contributed by atoms with Crippen molar-refractivity contribution in [1.29, 1.82) is 0 Å². The summed E-state index contributed by atoms with van der Waals surface area (Å²) >= 11 is 0. The monoisotopic (exact) mass is 299 g/mol. The fraction of sp³-hybridized carbons (Fsp3) is 0.636. The molecular weight excluding hydrogens is 278 g/mol. The normalized spacial score (nSPS) is 10.3. The zero-order chi connectivity index (χ0) is 15.7. The third kappa shape index (κ3) is 6.68. The van der Waals surface area contributed by atoms with Crippen molar-refractivity contribution in [1.82, 2.24) is 20.3 Å². The molecule has 1 rings (SSSR count). The second-order valence-corrected chi connectivity index (χ2v) is 4.27. The summed E-state index contributed by atoms with van der Waals surface area (Å²) in [7, 11) is 1.56. The van der Waals surface area contributed by atoms with Gasteiger partial charge in [0, 0.05) is 13.7 Å². The summed E-state index contributed by atoms with van der Waals surface area (Å²) in [6.07, 6.45) is -0.0942. The van der Waals surface area contributed by atoms with Crippen LogP contribution < -0.4 is 26.6 Å². The molecular formula is C11H21N7O3. The number of nitrogens with one attached hydrogen (secondary N) is 3. The van der Waals surface area contributed by atoms with E-state index in [-0.39, 0.29) is 36.5 Å². The number of ether oxygens (including phenoxy) is 2. The van der Waals surface area contributed by atoms with Crippen LogP contribution in [0.4, 0.5) is 11.9 Å². The first-order valence-corrected chi connectivity index (χ1v) is 6.44. The van der Waals surface area contributed by atoms with Crippen molar-refractivity contribution >= 4 is 17.8 Å². The van der Waals surface area contributed by atoms with E-state index >= 15 is 0 Å². The lowest BCUT2D eigenvalue weighted by Crippen LogP contribution is -2.32. The molecule has 1 aromatic heterocycles. The largest absolute Gasteiger partial charge is 0.461 e. The zero-order valence-corrected chi connectivity index (χ0v) is 12.3. The molecule has 1 amide bonds. The van der Waals surface area contributed by atoms with Gasteiger partial charge >= 0.3 is 6.01 Å². The first-order chi connectivity index (χ1) is 10.0. The van der Waals surface area contributed by atoms with Gasteiger partial charge in [0.05, 0.1) is 19.3 Å². The Morgan fingerprint density at radius 1 is 1.29 bits per heavy atom. The molecule has 10 heteroatoms. The van der Waals surface area contributed by atoms with Gasteiger partial charge in [0.15, 0.2) is 0 Å². The van der Waals surface area contributed by atoms with Crippen LogP contribution >= 0.6 is 0 Å². The van der Waals surface area contributed by atoms with Gasteiger partial charge in [-0.2, -0.15) is 15.0 Å². The average molecular weight is 299 g/mol. The number of hydrazine groups is 1. The quantitative estimate of drug-likeness (QED) is 0.260. The van der Waals surface area contributed by atoms with Crippen molar-refractivity contribution in [3.63, 3.8) is 0 Å². The van der Waals surface area contributed by atoms with Gasteiger partial charge < -0.3 is 20.1 Å². The van der Waals surface area contributed by atoms with Gasteiger partial charge in [0.1, 0.15) is 0 Å². The number of methoxy groups -OCH3 is 1. The van der Waals surface area contributed by atoms with Gasteiger partial charge in [-0.15, -0.1) is 0 Å². The minimum Gasteiger partial charge on any atom is -0.461 e. The maximum Gasteiger partial charge on any atom is 0.323 e. The molecule has 21 heavy (non-hydrogen) atoms. The van der Waals surface area contributed by atoms with E-state index in [9.17, 15) is 4.79 Å². The van der Waals surface area contributed by atoms with Crippen LogP contribution in [0.25, 0.3) is 0 Å². The van der Waals surface area contributed by atoms with Crippen LogP contribution in [0.2, 0.25) is 0 Å². The summed E-state index contributed by atoms with van der Waals surface area (Å²) in [5.74, 6) is 5.40. The molecule has 1 heterocycles. The number of anilines is 2. The van der Waals surface area contributed by atoms with E-state index in [1.807, 2.05) is 13.8 Å². The molecule has 5 N–H and O–H groups in total. The molecule has 10 nitrogen and oxygen atoms in total. The van der Waals surface area contributed by atoms with Crippen molar-refractivity contribution in [3.05, 3.63) is 0 Å². The first kappa shape index (κ1) is 16.9. The maximum absolute atomic E-state index is 11.5. The molecule has 0 aliphatic rings. The van der Waals surface area contributed by atoms with Gasteiger partial charge in [0.2, 0.25) is 17.8 Å². The Hall–Kier alpha value is -2.20. The number of carbonyl (C=O) groups is 1. The third-order valence-corrected chi connectivity index (χ3v) is 2.12. The molecule has 0 fully saturated rings. The van der Waals surface area contributed by atoms with E-state index in [1.165, 1.54) is 0 Å². The summed E-state index contributed by atoms with van der Waals surface area (Å²) in [6.45, 7) is 4.58. The number of rotatable bonds is 9. The van der Waals surface area contributed by atoms with Gasteiger partial charge in [0.25, 0.3) is 0 Å². The molecule has 0 radical (unpaired) electrons. The van der Waals surface area contributed by atoms with Crippen molar-refractivity contribution in [2.45, 2.75) is 20.0 Å².